The smallest absolute Gasteiger partial charge is 0.228 e. The summed E-state index contributed by atoms with van der Waals surface area (Å²) < 4.78 is 0. The molecule has 0 saturated carbocycles. The number of carbonyl (C=O) groups excluding carboxylic acids is 1. The van der Waals surface area contributed by atoms with Crippen LogP contribution >= 0.6 is 0 Å². The number of piperidine rings is 1. The van der Waals surface area contributed by atoms with E-state index in [0.29, 0.717) is 5.82 Å². The van der Waals surface area contributed by atoms with Crippen molar-refractivity contribution in [3.63, 3.8) is 0 Å². The van der Waals surface area contributed by atoms with Gasteiger partial charge in [-0.25, -0.2) is 15.0 Å². The van der Waals surface area contributed by atoms with Gasteiger partial charge in [0.05, 0.1) is 11.7 Å². The first-order chi connectivity index (χ1) is 11.8. The Morgan fingerprint density at radius 1 is 1.24 bits per heavy atom. The summed E-state index contributed by atoms with van der Waals surface area (Å²) in [6.45, 7) is 10.6. The standard InChI is InChI=1S/C19H27N5O/c1-12-11-20-17(21-12)15-10-14(22-13(2)23-15)16-8-6-7-9-24(16)18(25)19(3,4)5/h10-11,16H,6-9H2,1-5H3,(H,20,21)/t16-/m0/s1. The van der Waals surface area contributed by atoms with Crippen LogP contribution in [-0.4, -0.2) is 37.3 Å². The van der Waals surface area contributed by atoms with E-state index in [1.807, 2.05) is 45.6 Å². The van der Waals surface area contributed by atoms with Gasteiger partial charge in [0, 0.05) is 23.9 Å². The second-order valence-electron chi connectivity index (χ2n) is 7.90. The summed E-state index contributed by atoms with van der Waals surface area (Å²) in [6, 6.07) is 1.99. The number of imidazole rings is 1. The highest BCUT2D eigenvalue weighted by Crippen LogP contribution is 2.34. The van der Waals surface area contributed by atoms with Gasteiger partial charge in [0.1, 0.15) is 11.5 Å². The highest BCUT2D eigenvalue weighted by atomic mass is 16.2. The van der Waals surface area contributed by atoms with E-state index < -0.39 is 5.41 Å². The predicted molar refractivity (Wildman–Crippen MR) is 96.8 cm³/mol. The van der Waals surface area contributed by atoms with Gasteiger partial charge in [0.25, 0.3) is 0 Å². The first-order valence-electron chi connectivity index (χ1n) is 8.94. The van der Waals surface area contributed by atoms with Crippen molar-refractivity contribution < 1.29 is 4.79 Å². The molecule has 1 saturated heterocycles. The van der Waals surface area contributed by atoms with Gasteiger partial charge in [-0.3, -0.25) is 4.79 Å². The fourth-order valence-electron chi connectivity index (χ4n) is 3.34. The molecule has 0 aliphatic carbocycles. The summed E-state index contributed by atoms with van der Waals surface area (Å²) in [5.74, 6) is 1.63. The number of nitrogens with zero attached hydrogens (tertiary/aromatic N) is 4. The van der Waals surface area contributed by atoms with E-state index in [0.717, 1.165) is 48.7 Å². The minimum Gasteiger partial charge on any atom is -0.341 e. The fourth-order valence-corrected chi connectivity index (χ4v) is 3.34. The molecule has 3 heterocycles. The Kier molecular flexibility index (Phi) is 4.62. The molecule has 0 spiro atoms. The van der Waals surface area contributed by atoms with Crippen molar-refractivity contribution in [2.24, 2.45) is 5.41 Å². The zero-order chi connectivity index (χ0) is 18.2. The molecule has 1 fully saturated rings. The lowest BCUT2D eigenvalue weighted by atomic mass is 9.90. The van der Waals surface area contributed by atoms with Gasteiger partial charge >= 0.3 is 0 Å². The molecule has 134 valence electrons. The molecular formula is C19H27N5O. The van der Waals surface area contributed by atoms with E-state index in [1.165, 1.54) is 0 Å². The molecule has 1 atom stereocenters. The van der Waals surface area contributed by atoms with Crippen LogP contribution in [0.3, 0.4) is 0 Å². The van der Waals surface area contributed by atoms with E-state index in [4.69, 9.17) is 0 Å². The molecule has 2 aromatic rings. The zero-order valence-electron chi connectivity index (χ0n) is 15.8. The van der Waals surface area contributed by atoms with Gasteiger partial charge < -0.3 is 9.88 Å². The number of H-pyrrole nitrogens is 1. The van der Waals surface area contributed by atoms with Crippen molar-refractivity contribution >= 4 is 5.91 Å². The van der Waals surface area contributed by atoms with Gasteiger partial charge in [-0.15, -0.1) is 0 Å². The summed E-state index contributed by atoms with van der Waals surface area (Å²) >= 11 is 0. The Balaban J connectivity index is 1.98. The molecule has 6 nitrogen and oxygen atoms in total. The number of amides is 1. The van der Waals surface area contributed by atoms with E-state index in [9.17, 15) is 4.79 Å². The molecule has 2 aromatic heterocycles. The van der Waals surface area contributed by atoms with E-state index in [1.54, 1.807) is 6.20 Å². The number of rotatable bonds is 2. The summed E-state index contributed by atoms with van der Waals surface area (Å²) in [6.07, 6.45) is 4.89. The van der Waals surface area contributed by atoms with Gasteiger partial charge in [0.2, 0.25) is 5.91 Å². The Morgan fingerprint density at radius 3 is 2.64 bits per heavy atom. The summed E-state index contributed by atoms with van der Waals surface area (Å²) in [4.78, 5) is 31.7. The number of likely N-dealkylation sites (tertiary alicyclic amines) is 1. The third-order valence-corrected chi connectivity index (χ3v) is 4.55. The Morgan fingerprint density at radius 2 is 2.00 bits per heavy atom. The Bertz CT molecular complexity index is 774. The van der Waals surface area contributed by atoms with Crippen molar-refractivity contribution in [3.8, 4) is 11.5 Å². The molecule has 25 heavy (non-hydrogen) atoms. The number of nitrogens with one attached hydrogen (secondary N) is 1. The lowest BCUT2D eigenvalue weighted by molar-refractivity contribution is -0.143. The number of aryl methyl sites for hydroxylation is 2. The minimum atomic E-state index is -0.390. The highest BCUT2D eigenvalue weighted by Gasteiger charge is 2.35. The molecule has 1 N–H and O–H groups in total. The highest BCUT2D eigenvalue weighted by molar-refractivity contribution is 5.82. The maximum Gasteiger partial charge on any atom is 0.228 e. The van der Waals surface area contributed by atoms with Gasteiger partial charge in [0.15, 0.2) is 5.82 Å². The lowest BCUT2D eigenvalue weighted by Crippen LogP contribution is -2.44. The minimum absolute atomic E-state index is 0.0111. The first kappa shape index (κ1) is 17.6. The van der Waals surface area contributed by atoms with Crippen LogP contribution in [0.15, 0.2) is 12.3 Å². The summed E-state index contributed by atoms with van der Waals surface area (Å²) in [5.41, 5.74) is 2.30. The van der Waals surface area contributed by atoms with Gasteiger partial charge in [-0.1, -0.05) is 20.8 Å². The number of hydrogen-bond donors (Lipinski definition) is 1. The third-order valence-electron chi connectivity index (χ3n) is 4.55. The molecule has 1 aliphatic heterocycles. The van der Waals surface area contributed by atoms with Crippen molar-refractivity contribution in [1.82, 2.24) is 24.8 Å². The largest absolute Gasteiger partial charge is 0.341 e. The molecule has 1 aliphatic rings. The molecule has 0 aromatic carbocycles. The second-order valence-corrected chi connectivity index (χ2v) is 7.90. The third kappa shape index (κ3) is 3.72. The molecule has 0 bridgehead atoms. The Hall–Kier alpha value is -2.24. The second kappa shape index (κ2) is 6.58. The maximum atomic E-state index is 12.9. The molecular weight excluding hydrogens is 314 g/mol. The quantitative estimate of drug-likeness (QED) is 0.906. The normalized spacial score (nSPS) is 18.4. The van der Waals surface area contributed by atoms with Crippen LogP contribution in [0, 0.1) is 19.3 Å². The number of hydrogen-bond acceptors (Lipinski definition) is 4. The lowest BCUT2D eigenvalue weighted by Gasteiger charge is -2.39. The van der Waals surface area contributed by atoms with Crippen LogP contribution in [0.4, 0.5) is 0 Å². The number of aromatic nitrogens is 4. The Labute approximate surface area is 149 Å². The average molecular weight is 341 g/mol. The number of aromatic amines is 1. The van der Waals surface area contributed by atoms with Crippen molar-refractivity contribution in [2.45, 2.75) is 59.9 Å². The summed E-state index contributed by atoms with van der Waals surface area (Å²) in [7, 11) is 0. The molecule has 0 radical (unpaired) electrons. The molecule has 6 heteroatoms. The SMILES string of the molecule is Cc1nc(-c2ncc(C)[nH]2)cc([C@@H]2CCCCN2C(=O)C(C)(C)C)n1. The zero-order valence-corrected chi connectivity index (χ0v) is 15.8. The molecule has 3 rings (SSSR count). The van der Waals surface area contributed by atoms with Crippen LogP contribution < -0.4 is 0 Å². The molecule has 0 unspecified atom stereocenters. The summed E-state index contributed by atoms with van der Waals surface area (Å²) in [5, 5.41) is 0. The van der Waals surface area contributed by atoms with Gasteiger partial charge in [-0.05, 0) is 39.2 Å². The van der Waals surface area contributed by atoms with Crippen molar-refractivity contribution in [1.29, 1.82) is 0 Å². The van der Waals surface area contributed by atoms with Crippen LogP contribution in [-0.2, 0) is 4.79 Å². The molecule has 1 amide bonds. The fraction of sp³-hybridized carbons (Fsp3) is 0.579. The van der Waals surface area contributed by atoms with E-state index in [-0.39, 0.29) is 11.9 Å². The first-order valence-corrected chi connectivity index (χ1v) is 8.94. The van der Waals surface area contributed by atoms with Crippen LogP contribution in [0.5, 0.6) is 0 Å². The topological polar surface area (TPSA) is 74.8 Å². The van der Waals surface area contributed by atoms with E-state index >= 15 is 0 Å². The monoisotopic (exact) mass is 341 g/mol. The number of carbonyl (C=O) groups is 1. The van der Waals surface area contributed by atoms with Crippen molar-refractivity contribution in [3.05, 3.63) is 29.5 Å². The van der Waals surface area contributed by atoms with E-state index in [2.05, 4.69) is 19.9 Å². The maximum absolute atomic E-state index is 12.9. The predicted octanol–water partition coefficient (Wildman–Crippen LogP) is 3.58. The van der Waals surface area contributed by atoms with Crippen LogP contribution in [0.1, 0.15) is 63.3 Å². The van der Waals surface area contributed by atoms with Gasteiger partial charge in [-0.2, -0.15) is 0 Å². The van der Waals surface area contributed by atoms with Crippen molar-refractivity contribution in [2.75, 3.05) is 6.54 Å². The average Bonchev–Trinajstić information content (AvgIpc) is 2.99. The van der Waals surface area contributed by atoms with Crippen LogP contribution in [0.25, 0.3) is 11.5 Å². The van der Waals surface area contributed by atoms with Crippen LogP contribution in [0.2, 0.25) is 0 Å².